The molecule has 0 unspecified atom stereocenters. The van der Waals surface area contributed by atoms with Gasteiger partial charge in [-0.15, -0.1) is 0 Å². The molecule has 6 nitrogen and oxygen atoms in total. The molecule has 1 aromatic rings. The zero-order valence-electron chi connectivity index (χ0n) is 11.4. The minimum atomic E-state index is -0.292. The molecule has 21 heavy (non-hydrogen) atoms. The summed E-state index contributed by atoms with van der Waals surface area (Å²) >= 11 is 3.30. The molecule has 1 heterocycles. The fraction of sp³-hybridized carbons (Fsp3) is 0.357. The number of amides is 3. The summed E-state index contributed by atoms with van der Waals surface area (Å²) in [7, 11) is 0. The zero-order valence-corrected chi connectivity index (χ0v) is 13.0. The minimum absolute atomic E-state index is 0.0517. The third-order valence-corrected chi connectivity index (χ3v) is 3.70. The van der Waals surface area contributed by atoms with Crippen LogP contribution in [-0.4, -0.2) is 48.8 Å². The molecule has 2 N–H and O–H groups in total. The maximum Gasteiger partial charge on any atom is 0.251 e. The van der Waals surface area contributed by atoms with Gasteiger partial charge in [0, 0.05) is 36.1 Å². The second-order valence-electron chi connectivity index (χ2n) is 4.67. The Morgan fingerprint density at radius 3 is 2.67 bits per heavy atom. The van der Waals surface area contributed by atoms with E-state index in [1.54, 1.807) is 29.2 Å². The van der Waals surface area contributed by atoms with Crippen molar-refractivity contribution in [3.8, 4) is 0 Å². The molecule has 0 aromatic heterocycles. The highest BCUT2D eigenvalue weighted by Gasteiger charge is 2.18. The molecule has 0 saturated carbocycles. The summed E-state index contributed by atoms with van der Waals surface area (Å²) in [4.78, 5) is 36.7. The minimum Gasteiger partial charge on any atom is -0.354 e. The van der Waals surface area contributed by atoms with Gasteiger partial charge >= 0.3 is 0 Å². The lowest BCUT2D eigenvalue weighted by Gasteiger charge is -2.19. The van der Waals surface area contributed by atoms with E-state index in [0.717, 1.165) is 4.47 Å². The second-order valence-corrected chi connectivity index (χ2v) is 5.59. The second kappa shape index (κ2) is 7.21. The van der Waals surface area contributed by atoms with Crippen molar-refractivity contribution in [3.63, 3.8) is 0 Å². The van der Waals surface area contributed by atoms with E-state index in [4.69, 9.17) is 0 Å². The normalized spacial score (nSPS) is 15.1. The molecule has 7 heteroatoms. The van der Waals surface area contributed by atoms with E-state index in [2.05, 4.69) is 26.6 Å². The SMILES string of the molecule is O=C1CCN(C(=O)CNC(=O)c2ccc(Br)cc2)CCN1. The molecule has 1 aliphatic rings. The number of rotatable bonds is 3. The van der Waals surface area contributed by atoms with Crippen LogP contribution in [-0.2, 0) is 9.59 Å². The molecule has 1 saturated heterocycles. The number of carbonyl (C=O) groups is 3. The first-order chi connectivity index (χ1) is 10.1. The summed E-state index contributed by atoms with van der Waals surface area (Å²) in [5, 5.41) is 5.30. The lowest BCUT2D eigenvalue weighted by molar-refractivity contribution is -0.130. The number of benzene rings is 1. The molecule has 1 aromatic carbocycles. The summed E-state index contributed by atoms with van der Waals surface area (Å²) in [6.45, 7) is 1.24. The largest absolute Gasteiger partial charge is 0.354 e. The molecule has 0 aliphatic carbocycles. The average Bonchev–Trinajstić information content (AvgIpc) is 2.70. The van der Waals surface area contributed by atoms with Gasteiger partial charge in [0.25, 0.3) is 5.91 Å². The molecule has 1 fully saturated rings. The number of nitrogens with zero attached hydrogens (tertiary/aromatic N) is 1. The Morgan fingerprint density at radius 1 is 1.24 bits per heavy atom. The van der Waals surface area contributed by atoms with Crippen LogP contribution in [0.1, 0.15) is 16.8 Å². The van der Waals surface area contributed by atoms with Crippen LogP contribution in [0.25, 0.3) is 0 Å². The van der Waals surface area contributed by atoms with Crippen LogP contribution in [0.2, 0.25) is 0 Å². The van der Waals surface area contributed by atoms with E-state index >= 15 is 0 Å². The summed E-state index contributed by atoms with van der Waals surface area (Å²) in [6, 6.07) is 6.89. The highest BCUT2D eigenvalue weighted by molar-refractivity contribution is 9.10. The van der Waals surface area contributed by atoms with Crippen LogP contribution in [0.4, 0.5) is 0 Å². The quantitative estimate of drug-likeness (QED) is 0.831. The van der Waals surface area contributed by atoms with Gasteiger partial charge in [-0.25, -0.2) is 0 Å². The molecular weight excluding hydrogens is 338 g/mol. The van der Waals surface area contributed by atoms with Crippen LogP contribution < -0.4 is 10.6 Å². The average molecular weight is 354 g/mol. The predicted molar refractivity (Wildman–Crippen MR) is 80.7 cm³/mol. The summed E-state index contributed by atoms with van der Waals surface area (Å²) in [5.74, 6) is -0.527. The van der Waals surface area contributed by atoms with Crippen molar-refractivity contribution in [1.29, 1.82) is 0 Å². The van der Waals surface area contributed by atoms with E-state index in [9.17, 15) is 14.4 Å². The monoisotopic (exact) mass is 353 g/mol. The van der Waals surface area contributed by atoms with Gasteiger partial charge in [0.1, 0.15) is 0 Å². The first kappa shape index (κ1) is 15.5. The van der Waals surface area contributed by atoms with Crippen molar-refractivity contribution in [2.45, 2.75) is 6.42 Å². The fourth-order valence-electron chi connectivity index (χ4n) is 1.99. The van der Waals surface area contributed by atoms with Gasteiger partial charge in [0.05, 0.1) is 6.54 Å². The summed E-state index contributed by atoms with van der Waals surface area (Å²) in [6.07, 6.45) is 0.298. The molecule has 112 valence electrons. The van der Waals surface area contributed by atoms with Gasteiger partial charge in [-0.1, -0.05) is 15.9 Å². The molecular formula is C14H16BrN3O3. The number of hydrogen-bond donors (Lipinski definition) is 2. The lowest BCUT2D eigenvalue weighted by atomic mass is 10.2. The predicted octanol–water partition coefficient (Wildman–Crippen LogP) is 0.527. The molecule has 0 radical (unpaired) electrons. The third kappa shape index (κ3) is 4.56. The van der Waals surface area contributed by atoms with Crippen LogP contribution >= 0.6 is 15.9 Å². The standard InChI is InChI=1S/C14H16BrN3O3/c15-11-3-1-10(2-4-11)14(21)17-9-13(20)18-7-5-12(19)16-6-8-18/h1-4H,5-9H2,(H,16,19)(H,17,21). The topological polar surface area (TPSA) is 78.5 Å². The zero-order chi connectivity index (χ0) is 15.2. The first-order valence-electron chi connectivity index (χ1n) is 6.64. The smallest absolute Gasteiger partial charge is 0.251 e. The van der Waals surface area contributed by atoms with Crippen molar-refractivity contribution >= 4 is 33.7 Å². The van der Waals surface area contributed by atoms with Crippen LogP contribution in [0.3, 0.4) is 0 Å². The van der Waals surface area contributed by atoms with Crippen molar-refractivity contribution in [1.82, 2.24) is 15.5 Å². The van der Waals surface area contributed by atoms with E-state index in [1.165, 1.54) is 0 Å². The van der Waals surface area contributed by atoms with Crippen LogP contribution in [0.15, 0.2) is 28.7 Å². The Hall–Kier alpha value is -1.89. The van der Waals surface area contributed by atoms with Gasteiger partial charge in [0.2, 0.25) is 11.8 Å². The highest BCUT2D eigenvalue weighted by Crippen LogP contribution is 2.10. The third-order valence-electron chi connectivity index (χ3n) is 3.17. The molecule has 0 spiro atoms. The first-order valence-corrected chi connectivity index (χ1v) is 7.44. The van der Waals surface area contributed by atoms with Crippen molar-refractivity contribution in [2.24, 2.45) is 0 Å². The molecule has 0 bridgehead atoms. The Morgan fingerprint density at radius 2 is 1.95 bits per heavy atom. The molecule has 2 rings (SSSR count). The van der Waals surface area contributed by atoms with E-state index in [0.29, 0.717) is 31.6 Å². The van der Waals surface area contributed by atoms with Gasteiger partial charge in [-0.3, -0.25) is 14.4 Å². The maximum absolute atomic E-state index is 12.0. The van der Waals surface area contributed by atoms with Crippen molar-refractivity contribution in [3.05, 3.63) is 34.3 Å². The van der Waals surface area contributed by atoms with Gasteiger partial charge in [0.15, 0.2) is 0 Å². The van der Waals surface area contributed by atoms with Gasteiger partial charge in [-0.05, 0) is 24.3 Å². The fourth-order valence-corrected chi connectivity index (χ4v) is 2.25. The van der Waals surface area contributed by atoms with E-state index in [-0.39, 0.29) is 24.3 Å². The van der Waals surface area contributed by atoms with E-state index < -0.39 is 0 Å². The summed E-state index contributed by atoms with van der Waals surface area (Å²) < 4.78 is 0.886. The Bertz CT molecular complexity index is 545. The van der Waals surface area contributed by atoms with Crippen molar-refractivity contribution in [2.75, 3.05) is 26.2 Å². The molecule has 3 amide bonds. The van der Waals surface area contributed by atoms with Gasteiger partial charge < -0.3 is 15.5 Å². The molecule has 1 aliphatic heterocycles. The highest BCUT2D eigenvalue weighted by atomic mass is 79.9. The lowest BCUT2D eigenvalue weighted by Crippen LogP contribution is -2.41. The number of carbonyl (C=O) groups excluding carboxylic acids is 3. The number of halogens is 1. The van der Waals surface area contributed by atoms with Gasteiger partial charge in [-0.2, -0.15) is 0 Å². The Balaban J connectivity index is 1.84. The number of hydrogen-bond acceptors (Lipinski definition) is 3. The Labute approximate surface area is 131 Å². The van der Waals surface area contributed by atoms with Crippen LogP contribution in [0.5, 0.6) is 0 Å². The summed E-state index contributed by atoms with van der Waals surface area (Å²) in [5.41, 5.74) is 0.499. The maximum atomic E-state index is 12.0. The van der Waals surface area contributed by atoms with Crippen molar-refractivity contribution < 1.29 is 14.4 Å². The number of nitrogens with one attached hydrogen (secondary N) is 2. The Kier molecular flexibility index (Phi) is 5.32. The van der Waals surface area contributed by atoms with Crippen LogP contribution in [0, 0.1) is 0 Å². The van der Waals surface area contributed by atoms with E-state index in [1.807, 2.05) is 0 Å². The molecule has 0 atom stereocenters.